The molecule has 23 heavy (non-hydrogen) atoms. The average molecular weight is 337 g/mol. The highest BCUT2D eigenvalue weighted by atomic mass is 32.1. The van der Waals surface area contributed by atoms with Crippen molar-refractivity contribution >= 4 is 23.2 Å². The fraction of sp³-hybridized carbons (Fsp3) is 0.400. The molecular weight excluding hydrogens is 318 g/mol. The molecule has 0 aromatic carbocycles. The molecular formula is C15H19N3O4S. The minimum absolute atomic E-state index is 0.0223. The second-order valence-electron chi connectivity index (χ2n) is 5.95. The van der Waals surface area contributed by atoms with Crippen LogP contribution in [0.5, 0.6) is 0 Å². The second kappa shape index (κ2) is 6.13. The number of primary amides is 1. The monoisotopic (exact) mass is 337 g/mol. The van der Waals surface area contributed by atoms with Crippen LogP contribution >= 0.6 is 11.3 Å². The molecule has 2 unspecified atom stereocenters. The van der Waals surface area contributed by atoms with Crippen LogP contribution in [0, 0.1) is 12.3 Å². The molecule has 2 heterocycles. The summed E-state index contributed by atoms with van der Waals surface area (Å²) in [6.45, 7) is 5.07. The Morgan fingerprint density at radius 3 is 2.52 bits per heavy atom. The van der Waals surface area contributed by atoms with Crippen molar-refractivity contribution in [1.82, 2.24) is 9.97 Å². The Bertz CT molecular complexity index is 721. The number of carboxylic acid groups (broad SMARTS) is 1. The van der Waals surface area contributed by atoms with E-state index in [-0.39, 0.29) is 5.69 Å². The molecule has 8 heteroatoms. The van der Waals surface area contributed by atoms with Crippen LogP contribution < -0.4 is 5.73 Å². The number of aryl methyl sites for hydroxylation is 1. The van der Waals surface area contributed by atoms with E-state index >= 15 is 0 Å². The third-order valence-electron chi connectivity index (χ3n) is 3.91. The van der Waals surface area contributed by atoms with Gasteiger partial charge in [0.1, 0.15) is 11.1 Å². The molecule has 0 aliphatic carbocycles. The Morgan fingerprint density at radius 1 is 1.43 bits per heavy atom. The third-order valence-corrected chi connectivity index (χ3v) is 4.95. The first kappa shape index (κ1) is 17.2. The number of aliphatic hydroxyl groups excluding tert-OH is 1. The highest BCUT2D eigenvalue weighted by Gasteiger charge is 2.43. The van der Waals surface area contributed by atoms with Gasteiger partial charge in [0.2, 0.25) is 5.91 Å². The summed E-state index contributed by atoms with van der Waals surface area (Å²) in [6.07, 6.45) is 0.307. The van der Waals surface area contributed by atoms with E-state index < -0.39 is 29.3 Å². The average Bonchev–Trinajstić information content (AvgIpc) is 3.08. The van der Waals surface area contributed by atoms with Crippen LogP contribution in [0.15, 0.2) is 18.3 Å². The molecule has 1 amide bonds. The standard InChI is InChI=1S/C15H19N3O4S/c1-7-10(14(21)22)18-13(23-7)9(8-5-4-6-17-8)15(2,3)11(19)12(16)20/h4-6,9,11,17,19H,1-3H3,(H2,16,20)(H,21,22). The summed E-state index contributed by atoms with van der Waals surface area (Å²) in [6, 6.07) is 3.59. The molecule has 2 atom stereocenters. The molecule has 0 radical (unpaired) electrons. The number of aromatic nitrogens is 2. The van der Waals surface area contributed by atoms with Crippen molar-refractivity contribution in [2.75, 3.05) is 0 Å². The maximum atomic E-state index is 11.5. The van der Waals surface area contributed by atoms with Gasteiger partial charge in [-0.05, 0) is 19.1 Å². The fourth-order valence-electron chi connectivity index (χ4n) is 2.64. The maximum absolute atomic E-state index is 11.5. The van der Waals surface area contributed by atoms with Crippen molar-refractivity contribution in [2.45, 2.75) is 32.8 Å². The Kier molecular flexibility index (Phi) is 4.58. The zero-order valence-electron chi connectivity index (χ0n) is 13.0. The Hall–Kier alpha value is -2.19. The highest BCUT2D eigenvalue weighted by molar-refractivity contribution is 7.12. The van der Waals surface area contributed by atoms with Gasteiger partial charge in [-0.25, -0.2) is 9.78 Å². The first-order valence-electron chi connectivity index (χ1n) is 6.97. The van der Waals surface area contributed by atoms with Crippen LogP contribution in [-0.2, 0) is 4.79 Å². The number of hydrogen-bond acceptors (Lipinski definition) is 5. The van der Waals surface area contributed by atoms with Crippen LogP contribution in [0.3, 0.4) is 0 Å². The lowest BCUT2D eigenvalue weighted by Gasteiger charge is -2.35. The number of amides is 1. The maximum Gasteiger partial charge on any atom is 0.355 e. The molecule has 2 aromatic rings. The van der Waals surface area contributed by atoms with Gasteiger partial charge in [-0.2, -0.15) is 0 Å². The van der Waals surface area contributed by atoms with Gasteiger partial charge in [0.25, 0.3) is 0 Å². The summed E-state index contributed by atoms with van der Waals surface area (Å²) in [5.41, 5.74) is 4.99. The number of nitrogens with one attached hydrogen (secondary N) is 1. The van der Waals surface area contributed by atoms with E-state index in [0.29, 0.717) is 9.88 Å². The van der Waals surface area contributed by atoms with Crippen LogP contribution in [0.4, 0.5) is 0 Å². The van der Waals surface area contributed by atoms with E-state index in [1.165, 1.54) is 11.3 Å². The van der Waals surface area contributed by atoms with E-state index in [9.17, 15) is 19.8 Å². The number of nitrogens with two attached hydrogens (primary N) is 1. The molecule has 0 aliphatic rings. The molecule has 0 aliphatic heterocycles. The van der Waals surface area contributed by atoms with Gasteiger partial charge >= 0.3 is 5.97 Å². The Balaban J connectivity index is 2.58. The van der Waals surface area contributed by atoms with Gasteiger partial charge in [0, 0.05) is 22.2 Å². The molecule has 124 valence electrons. The summed E-state index contributed by atoms with van der Waals surface area (Å²) in [7, 11) is 0. The van der Waals surface area contributed by atoms with Crippen molar-refractivity contribution in [3.63, 3.8) is 0 Å². The molecule has 2 rings (SSSR count). The molecule has 0 saturated carbocycles. The zero-order valence-corrected chi connectivity index (χ0v) is 13.8. The SMILES string of the molecule is Cc1sc(C(c2ccc[nH]2)C(C)(C)C(O)C(N)=O)nc1C(=O)O. The molecule has 5 N–H and O–H groups in total. The second-order valence-corrected chi connectivity index (χ2v) is 7.18. The van der Waals surface area contributed by atoms with Crippen LogP contribution in [0.2, 0.25) is 0 Å². The highest BCUT2D eigenvalue weighted by Crippen LogP contribution is 2.44. The van der Waals surface area contributed by atoms with Gasteiger partial charge < -0.3 is 20.9 Å². The predicted molar refractivity (Wildman–Crippen MR) is 85.4 cm³/mol. The predicted octanol–water partition coefficient (Wildman–Crippen LogP) is 1.48. The number of aromatic amines is 1. The molecule has 7 nitrogen and oxygen atoms in total. The van der Waals surface area contributed by atoms with Crippen molar-refractivity contribution in [1.29, 1.82) is 0 Å². The zero-order chi connectivity index (χ0) is 17.4. The quantitative estimate of drug-likeness (QED) is 0.634. The van der Waals surface area contributed by atoms with E-state index in [2.05, 4.69) is 9.97 Å². The Morgan fingerprint density at radius 2 is 2.09 bits per heavy atom. The normalized spacial score (nSPS) is 14.4. The Labute approximate surface area is 137 Å². The number of rotatable bonds is 6. The minimum atomic E-state index is -1.41. The molecule has 0 fully saturated rings. The van der Waals surface area contributed by atoms with Crippen molar-refractivity contribution in [3.8, 4) is 0 Å². The number of thiazole rings is 1. The first-order chi connectivity index (χ1) is 10.7. The van der Waals surface area contributed by atoms with Crippen molar-refractivity contribution in [2.24, 2.45) is 11.1 Å². The number of carbonyl (C=O) groups excluding carboxylic acids is 1. The lowest BCUT2D eigenvalue weighted by Crippen LogP contribution is -2.44. The van der Waals surface area contributed by atoms with E-state index in [1.807, 2.05) is 0 Å². The number of aliphatic hydroxyl groups is 1. The number of carbonyl (C=O) groups is 2. The summed E-state index contributed by atoms with van der Waals surface area (Å²) in [5, 5.41) is 20.0. The lowest BCUT2D eigenvalue weighted by molar-refractivity contribution is -0.132. The number of aromatic carboxylic acids is 1. The summed E-state index contributed by atoms with van der Waals surface area (Å²) in [5.74, 6) is -2.45. The van der Waals surface area contributed by atoms with Gasteiger partial charge in [-0.3, -0.25) is 4.79 Å². The fourth-order valence-corrected chi connectivity index (χ4v) is 3.87. The number of hydrogen-bond donors (Lipinski definition) is 4. The van der Waals surface area contributed by atoms with Crippen molar-refractivity contribution < 1.29 is 19.8 Å². The van der Waals surface area contributed by atoms with Gasteiger partial charge in [0.15, 0.2) is 5.69 Å². The topological polar surface area (TPSA) is 129 Å². The van der Waals surface area contributed by atoms with E-state index in [4.69, 9.17) is 5.73 Å². The van der Waals surface area contributed by atoms with Gasteiger partial charge in [-0.15, -0.1) is 11.3 Å². The molecule has 0 bridgehead atoms. The van der Waals surface area contributed by atoms with Crippen molar-refractivity contribution in [3.05, 3.63) is 39.6 Å². The molecule has 2 aromatic heterocycles. The largest absolute Gasteiger partial charge is 0.476 e. The molecule has 0 saturated heterocycles. The van der Waals surface area contributed by atoms with Crippen LogP contribution in [0.25, 0.3) is 0 Å². The minimum Gasteiger partial charge on any atom is -0.476 e. The van der Waals surface area contributed by atoms with Crippen LogP contribution in [-0.4, -0.2) is 38.2 Å². The number of H-pyrrole nitrogens is 1. The molecule has 0 spiro atoms. The number of nitrogens with zero attached hydrogens (tertiary/aromatic N) is 1. The first-order valence-corrected chi connectivity index (χ1v) is 7.79. The smallest absolute Gasteiger partial charge is 0.355 e. The van der Waals surface area contributed by atoms with E-state index in [1.54, 1.807) is 39.1 Å². The summed E-state index contributed by atoms with van der Waals surface area (Å²) < 4.78 is 0. The lowest BCUT2D eigenvalue weighted by atomic mass is 9.72. The third kappa shape index (κ3) is 3.13. The van der Waals surface area contributed by atoms with Gasteiger partial charge in [0.05, 0.1) is 5.92 Å². The van der Waals surface area contributed by atoms with E-state index in [0.717, 1.165) is 5.69 Å². The van der Waals surface area contributed by atoms with Gasteiger partial charge in [-0.1, -0.05) is 13.8 Å². The summed E-state index contributed by atoms with van der Waals surface area (Å²) >= 11 is 1.23. The number of carboxylic acids is 1. The summed E-state index contributed by atoms with van der Waals surface area (Å²) in [4.78, 5) is 30.6. The van der Waals surface area contributed by atoms with Crippen LogP contribution in [0.1, 0.15) is 45.8 Å².